The van der Waals surface area contributed by atoms with E-state index in [9.17, 15) is 4.79 Å². The molecule has 3 nitrogen and oxygen atoms in total. The zero-order valence-electron chi connectivity index (χ0n) is 13.5. The summed E-state index contributed by atoms with van der Waals surface area (Å²) in [5.74, 6) is 0. The zero-order chi connectivity index (χ0) is 17.5. The van der Waals surface area contributed by atoms with Gasteiger partial charge in [-0.25, -0.2) is 4.98 Å². The van der Waals surface area contributed by atoms with Crippen molar-refractivity contribution in [2.45, 2.75) is 14.1 Å². The molecule has 0 N–H and O–H groups in total. The van der Waals surface area contributed by atoms with Crippen LogP contribution in [0.4, 0.5) is 16.2 Å². The minimum Gasteiger partial charge on any atom is -0.269 e. The van der Waals surface area contributed by atoms with E-state index in [2.05, 4.69) is 17.1 Å². The monoisotopic (exact) mass is 392 g/mol. The first-order valence-corrected chi connectivity index (χ1v) is 10.5. The third kappa shape index (κ3) is 2.70. The van der Waals surface area contributed by atoms with Gasteiger partial charge in [0.05, 0.1) is 21.6 Å². The molecule has 1 aromatic heterocycles. The maximum Gasteiger partial charge on any atom is 0.297 e. The van der Waals surface area contributed by atoms with Crippen LogP contribution in [-0.4, -0.2) is 10.2 Å². The first-order valence-electron chi connectivity index (χ1n) is 8.03. The summed E-state index contributed by atoms with van der Waals surface area (Å²) in [6, 6.07) is 24.0. The van der Waals surface area contributed by atoms with Crippen LogP contribution in [0, 0.1) is 0 Å². The van der Waals surface area contributed by atoms with Gasteiger partial charge < -0.3 is 0 Å². The molecule has 0 saturated heterocycles. The highest BCUT2D eigenvalue weighted by molar-refractivity contribution is 8.15. The molecule has 5 rings (SSSR count). The number of carbonyl (C=O) groups excluding carboxylic acids is 1. The third-order valence-electron chi connectivity index (χ3n) is 4.06. The molecule has 0 aliphatic carbocycles. The van der Waals surface area contributed by atoms with Crippen molar-refractivity contribution in [1.29, 1.82) is 0 Å². The van der Waals surface area contributed by atoms with Crippen LogP contribution >= 0.6 is 34.9 Å². The van der Waals surface area contributed by atoms with E-state index in [0.29, 0.717) is 0 Å². The Labute approximate surface area is 163 Å². The van der Waals surface area contributed by atoms with E-state index in [1.165, 1.54) is 11.8 Å². The van der Waals surface area contributed by atoms with Crippen LogP contribution in [0.25, 0.3) is 10.2 Å². The average molecular weight is 393 g/mol. The molecule has 26 heavy (non-hydrogen) atoms. The summed E-state index contributed by atoms with van der Waals surface area (Å²) in [6.07, 6.45) is 0. The van der Waals surface area contributed by atoms with Crippen LogP contribution in [0.3, 0.4) is 0 Å². The van der Waals surface area contributed by atoms with Gasteiger partial charge in [0.1, 0.15) is 0 Å². The molecule has 126 valence electrons. The van der Waals surface area contributed by atoms with E-state index in [1.54, 1.807) is 28.0 Å². The number of thiazole rings is 1. The molecule has 0 unspecified atom stereocenters. The summed E-state index contributed by atoms with van der Waals surface area (Å²) in [6.45, 7) is 0. The quantitative estimate of drug-likeness (QED) is 0.333. The number of para-hydroxylation sites is 3. The molecule has 2 heterocycles. The van der Waals surface area contributed by atoms with Crippen LogP contribution in [-0.2, 0) is 0 Å². The van der Waals surface area contributed by atoms with Crippen LogP contribution in [0.2, 0.25) is 0 Å². The fourth-order valence-corrected chi connectivity index (χ4v) is 5.90. The number of anilines is 2. The number of carbonyl (C=O) groups is 1. The number of hydrogen-bond acceptors (Lipinski definition) is 5. The molecule has 1 aliphatic rings. The van der Waals surface area contributed by atoms with Crippen molar-refractivity contribution in [3.8, 4) is 0 Å². The van der Waals surface area contributed by atoms with E-state index >= 15 is 0 Å². The molecular weight excluding hydrogens is 380 g/mol. The standard InChI is InChI=1S/C20H12N2OS3/c23-20(26-19-21-13-7-1-4-10-16(13)25-19)22-14-8-2-5-11-17(14)24-18-12-6-3-9-15(18)22/h1-12H. The Balaban J connectivity index is 1.55. The van der Waals surface area contributed by atoms with Gasteiger partial charge in [0.2, 0.25) is 0 Å². The second-order valence-electron chi connectivity index (χ2n) is 5.69. The molecule has 0 bridgehead atoms. The minimum atomic E-state index is -0.0377. The lowest BCUT2D eigenvalue weighted by molar-refractivity contribution is 0.266. The van der Waals surface area contributed by atoms with E-state index in [-0.39, 0.29) is 5.24 Å². The molecule has 4 aromatic rings. The van der Waals surface area contributed by atoms with E-state index in [4.69, 9.17) is 0 Å². The topological polar surface area (TPSA) is 33.2 Å². The van der Waals surface area contributed by atoms with Gasteiger partial charge in [0.25, 0.3) is 5.24 Å². The summed E-state index contributed by atoms with van der Waals surface area (Å²) < 4.78 is 1.86. The number of amides is 1. The average Bonchev–Trinajstić information content (AvgIpc) is 3.08. The number of nitrogens with zero attached hydrogens (tertiary/aromatic N) is 2. The molecule has 0 radical (unpaired) electrons. The predicted molar refractivity (Wildman–Crippen MR) is 110 cm³/mol. The highest BCUT2D eigenvalue weighted by Crippen LogP contribution is 2.49. The van der Waals surface area contributed by atoms with E-state index in [0.717, 1.165) is 35.7 Å². The highest BCUT2D eigenvalue weighted by Gasteiger charge is 2.29. The summed E-state index contributed by atoms with van der Waals surface area (Å²) in [5, 5.41) is -0.0377. The summed E-state index contributed by atoms with van der Waals surface area (Å²) >= 11 is 4.44. The molecule has 1 aliphatic heterocycles. The zero-order valence-corrected chi connectivity index (χ0v) is 15.9. The van der Waals surface area contributed by atoms with Gasteiger partial charge in [-0.1, -0.05) is 48.2 Å². The molecule has 0 saturated carbocycles. The Bertz CT molecular complexity index is 1060. The van der Waals surface area contributed by atoms with Crippen LogP contribution < -0.4 is 4.90 Å². The molecule has 0 atom stereocenters. The Morgan fingerprint density at radius 3 is 2.15 bits per heavy atom. The lowest BCUT2D eigenvalue weighted by atomic mass is 10.2. The maximum absolute atomic E-state index is 13.2. The number of fused-ring (bicyclic) bond motifs is 3. The van der Waals surface area contributed by atoms with Gasteiger partial charge in [-0.05, 0) is 36.4 Å². The number of hydrogen-bond donors (Lipinski definition) is 0. The number of benzene rings is 3. The van der Waals surface area contributed by atoms with Gasteiger partial charge in [-0.15, -0.1) is 11.3 Å². The van der Waals surface area contributed by atoms with Crippen molar-refractivity contribution in [2.75, 3.05) is 4.90 Å². The number of aromatic nitrogens is 1. The normalized spacial score (nSPS) is 12.7. The Morgan fingerprint density at radius 2 is 1.46 bits per heavy atom. The van der Waals surface area contributed by atoms with Crippen LogP contribution in [0.15, 0.2) is 86.9 Å². The molecule has 0 fully saturated rings. The fraction of sp³-hybridized carbons (Fsp3) is 0. The van der Waals surface area contributed by atoms with Gasteiger partial charge >= 0.3 is 0 Å². The Hall–Kier alpha value is -2.28. The second kappa shape index (κ2) is 6.46. The van der Waals surface area contributed by atoms with Crippen LogP contribution in [0.5, 0.6) is 0 Å². The van der Waals surface area contributed by atoms with Crippen molar-refractivity contribution in [3.63, 3.8) is 0 Å². The van der Waals surface area contributed by atoms with Gasteiger partial charge in [0.15, 0.2) is 4.34 Å². The maximum atomic E-state index is 13.2. The van der Waals surface area contributed by atoms with Crippen molar-refractivity contribution in [1.82, 2.24) is 4.98 Å². The largest absolute Gasteiger partial charge is 0.297 e. The SMILES string of the molecule is O=C(Sc1nc2ccccc2s1)N1c2ccccc2Sc2ccccc21. The molecule has 0 spiro atoms. The summed E-state index contributed by atoms with van der Waals surface area (Å²) in [4.78, 5) is 21.8. The predicted octanol–water partition coefficient (Wildman–Crippen LogP) is 6.81. The Morgan fingerprint density at radius 1 is 0.846 bits per heavy atom. The fourth-order valence-electron chi connectivity index (χ4n) is 2.92. The number of rotatable bonds is 1. The summed E-state index contributed by atoms with van der Waals surface area (Å²) in [7, 11) is 0. The first kappa shape index (κ1) is 15.9. The smallest absolute Gasteiger partial charge is 0.269 e. The van der Waals surface area contributed by atoms with Gasteiger partial charge in [-0.2, -0.15) is 0 Å². The minimum absolute atomic E-state index is 0.0377. The van der Waals surface area contributed by atoms with Crippen molar-refractivity contribution in [2.24, 2.45) is 0 Å². The van der Waals surface area contributed by atoms with Crippen LogP contribution in [0.1, 0.15) is 0 Å². The van der Waals surface area contributed by atoms with Gasteiger partial charge in [-0.3, -0.25) is 9.69 Å². The lowest BCUT2D eigenvalue weighted by Gasteiger charge is -2.30. The Kier molecular flexibility index (Phi) is 3.96. The van der Waals surface area contributed by atoms with Crippen molar-refractivity contribution in [3.05, 3.63) is 72.8 Å². The molecular formula is C20H12N2OS3. The second-order valence-corrected chi connectivity index (χ2v) is 9.00. The van der Waals surface area contributed by atoms with Gasteiger partial charge in [0, 0.05) is 21.6 Å². The van der Waals surface area contributed by atoms with E-state index in [1.807, 2.05) is 60.7 Å². The third-order valence-corrected chi connectivity index (χ3v) is 7.15. The van der Waals surface area contributed by atoms with Crippen molar-refractivity contribution >= 4 is 61.7 Å². The first-order chi connectivity index (χ1) is 12.8. The molecule has 6 heteroatoms. The van der Waals surface area contributed by atoms with E-state index < -0.39 is 0 Å². The highest BCUT2D eigenvalue weighted by atomic mass is 32.2. The number of thioether (sulfide) groups is 1. The summed E-state index contributed by atoms with van der Waals surface area (Å²) in [5.41, 5.74) is 2.78. The van der Waals surface area contributed by atoms with Crippen molar-refractivity contribution < 1.29 is 4.79 Å². The molecule has 3 aromatic carbocycles. The lowest BCUT2D eigenvalue weighted by Crippen LogP contribution is -2.24. The molecule has 1 amide bonds.